The Morgan fingerprint density at radius 2 is 2.11 bits per heavy atom. The maximum Gasteiger partial charge on any atom is 0.203 e. The maximum atomic E-state index is 4.24. The fourth-order valence-electron chi connectivity index (χ4n) is 1.71. The van der Waals surface area contributed by atoms with E-state index in [1.54, 1.807) is 18.9 Å². The molecule has 0 aliphatic rings. The molecule has 0 bridgehead atoms. The predicted octanol–water partition coefficient (Wildman–Crippen LogP) is -0.0926. The molecule has 0 radical (unpaired) electrons. The molecule has 0 saturated heterocycles. The van der Waals surface area contributed by atoms with Gasteiger partial charge in [0.1, 0.15) is 18.5 Å². The Labute approximate surface area is 103 Å². The normalized spacial score (nSPS) is 10.9. The van der Waals surface area contributed by atoms with Gasteiger partial charge in [-0.15, -0.1) is 20.4 Å². The molecule has 3 heterocycles. The van der Waals surface area contributed by atoms with Gasteiger partial charge in [0.15, 0.2) is 5.82 Å². The number of fused-ring (bicyclic) bond motifs is 1. The highest BCUT2D eigenvalue weighted by Crippen LogP contribution is 2.09. The largest absolute Gasteiger partial charge is 0.366 e. The molecule has 3 rings (SSSR count). The first-order chi connectivity index (χ1) is 8.84. The molecule has 0 atom stereocenters. The van der Waals surface area contributed by atoms with Crippen molar-refractivity contribution in [3.8, 4) is 0 Å². The summed E-state index contributed by atoms with van der Waals surface area (Å²) in [4.78, 5) is 4.24. The van der Waals surface area contributed by atoms with Gasteiger partial charge in [-0.3, -0.25) is 4.40 Å². The number of aromatic nitrogens is 7. The highest BCUT2D eigenvalue weighted by atomic mass is 15.3. The van der Waals surface area contributed by atoms with Crippen LogP contribution in [0.1, 0.15) is 5.82 Å². The first-order valence-corrected chi connectivity index (χ1v) is 5.55. The first kappa shape index (κ1) is 10.6. The van der Waals surface area contributed by atoms with Crippen LogP contribution in [-0.4, -0.2) is 40.9 Å². The number of hydrogen-bond acceptors (Lipinski definition) is 6. The Kier molecular flexibility index (Phi) is 2.60. The Morgan fingerprint density at radius 1 is 1.22 bits per heavy atom. The van der Waals surface area contributed by atoms with E-state index >= 15 is 0 Å². The lowest BCUT2D eigenvalue weighted by Crippen LogP contribution is -2.10. The van der Waals surface area contributed by atoms with Crippen molar-refractivity contribution in [1.29, 1.82) is 0 Å². The summed E-state index contributed by atoms with van der Waals surface area (Å²) < 4.78 is 3.71. The van der Waals surface area contributed by atoms with Crippen LogP contribution in [0.2, 0.25) is 0 Å². The molecule has 8 heteroatoms. The zero-order valence-electron chi connectivity index (χ0n) is 9.85. The highest BCUT2D eigenvalue weighted by molar-refractivity contribution is 5.61. The second-order valence-corrected chi connectivity index (χ2v) is 3.87. The van der Waals surface area contributed by atoms with Crippen LogP contribution in [0.25, 0.3) is 5.65 Å². The second kappa shape index (κ2) is 4.40. The molecule has 0 amide bonds. The number of aryl methyl sites for hydroxylation is 1. The zero-order valence-corrected chi connectivity index (χ0v) is 9.85. The molecule has 92 valence electrons. The van der Waals surface area contributed by atoms with E-state index in [0.29, 0.717) is 6.54 Å². The third-order valence-electron chi connectivity index (χ3n) is 2.66. The fourth-order valence-corrected chi connectivity index (χ4v) is 1.71. The highest BCUT2D eigenvalue weighted by Gasteiger charge is 2.05. The van der Waals surface area contributed by atoms with Crippen LogP contribution in [0, 0.1) is 0 Å². The maximum absolute atomic E-state index is 4.24. The minimum absolute atomic E-state index is 0.714. The summed E-state index contributed by atoms with van der Waals surface area (Å²) in [5, 5.41) is 18.9. The number of hydrogen-bond donors (Lipinski definition) is 1. The number of anilines is 1. The van der Waals surface area contributed by atoms with Crippen LogP contribution in [0.3, 0.4) is 0 Å². The van der Waals surface area contributed by atoms with Crippen LogP contribution in [0.15, 0.2) is 25.0 Å². The zero-order chi connectivity index (χ0) is 12.4. The Morgan fingerprint density at radius 3 is 2.94 bits per heavy atom. The van der Waals surface area contributed by atoms with Crippen molar-refractivity contribution < 1.29 is 0 Å². The Balaban J connectivity index is 1.70. The lowest BCUT2D eigenvalue weighted by atomic mass is 10.4. The monoisotopic (exact) mass is 244 g/mol. The summed E-state index contributed by atoms with van der Waals surface area (Å²) in [6, 6.07) is 0. The molecule has 0 fully saturated rings. The van der Waals surface area contributed by atoms with Gasteiger partial charge >= 0.3 is 0 Å². The third-order valence-corrected chi connectivity index (χ3v) is 2.66. The van der Waals surface area contributed by atoms with Crippen molar-refractivity contribution in [2.45, 2.75) is 6.42 Å². The van der Waals surface area contributed by atoms with E-state index < -0.39 is 0 Å². The first-order valence-electron chi connectivity index (χ1n) is 5.55. The topological polar surface area (TPSA) is 85.8 Å². The van der Waals surface area contributed by atoms with Crippen LogP contribution in [-0.2, 0) is 13.5 Å². The van der Waals surface area contributed by atoms with Gasteiger partial charge in [-0.25, -0.2) is 4.98 Å². The number of nitrogens with zero attached hydrogens (tertiary/aromatic N) is 7. The summed E-state index contributed by atoms with van der Waals surface area (Å²) >= 11 is 0. The number of rotatable bonds is 4. The lowest BCUT2D eigenvalue weighted by molar-refractivity contribution is 0.787. The van der Waals surface area contributed by atoms with Gasteiger partial charge in [0.2, 0.25) is 5.65 Å². The molecule has 0 aliphatic carbocycles. The van der Waals surface area contributed by atoms with Crippen molar-refractivity contribution in [1.82, 2.24) is 34.3 Å². The van der Waals surface area contributed by atoms with Gasteiger partial charge < -0.3 is 9.88 Å². The second-order valence-electron chi connectivity index (χ2n) is 3.87. The summed E-state index contributed by atoms with van der Waals surface area (Å²) in [7, 11) is 1.92. The van der Waals surface area contributed by atoms with Crippen molar-refractivity contribution in [2.24, 2.45) is 7.05 Å². The Bertz CT molecular complexity index is 655. The molecular formula is C10H12N8. The standard InChI is InChI=1S/C10H12N8/c1-17-6-13-15-8(17)2-3-11-9-10-16-14-7-18(10)5-4-12-9/h4-7H,2-3H2,1H3,(H,11,12). The molecule has 0 unspecified atom stereocenters. The molecule has 3 aromatic heterocycles. The molecule has 0 aromatic carbocycles. The molecule has 8 nitrogen and oxygen atoms in total. The molecule has 0 spiro atoms. The third kappa shape index (κ3) is 1.88. The van der Waals surface area contributed by atoms with E-state index in [1.807, 2.05) is 22.2 Å². The summed E-state index contributed by atoms with van der Waals surface area (Å²) in [6.07, 6.45) is 7.62. The van der Waals surface area contributed by atoms with Crippen molar-refractivity contribution in [3.05, 3.63) is 30.9 Å². The average Bonchev–Trinajstić information content (AvgIpc) is 2.99. The average molecular weight is 244 g/mol. The van der Waals surface area contributed by atoms with Gasteiger partial charge in [0.05, 0.1) is 0 Å². The van der Waals surface area contributed by atoms with Crippen molar-refractivity contribution in [3.63, 3.8) is 0 Å². The van der Waals surface area contributed by atoms with Crippen LogP contribution >= 0.6 is 0 Å². The minimum Gasteiger partial charge on any atom is -0.366 e. The molecule has 18 heavy (non-hydrogen) atoms. The predicted molar refractivity (Wildman–Crippen MR) is 64.0 cm³/mol. The van der Waals surface area contributed by atoms with Gasteiger partial charge in [0, 0.05) is 32.4 Å². The number of nitrogens with one attached hydrogen (secondary N) is 1. The van der Waals surface area contributed by atoms with E-state index in [0.717, 1.165) is 23.7 Å². The van der Waals surface area contributed by atoms with E-state index in [4.69, 9.17) is 0 Å². The molecular weight excluding hydrogens is 232 g/mol. The Hall–Kier alpha value is -2.51. The smallest absolute Gasteiger partial charge is 0.203 e. The summed E-state index contributed by atoms with van der Waals surface area (Å²) in [5.41, 5.74) is 0.718. The van der Waals surface area contributed by atoms with E-state index in [9.17, 15) is 0 Å². The fraction of sp³-hybridized carbons (Fsp3) is 0.300. The molecule has 0 aliphatic heterocycles. The van der Waals surface area contributed by atoms with Crippen LogP contribution in [0.4, 0.5) is 5.82 Å². The quantitative estimate of drug-likeness (QED) is 0.690. The lowest BCUT2D eigenvalue weighted by Gasteiger charge is -2.05. The van der Waals surface area contributed by atoms with E-state index in [2.05, 4.69) is 30.7 Å². The van der Waals surface area contributed by atoms with Gasteiger partial charge in [-0.05, 0) is 0 Å². The van der Waals surface area contributed by atoms with Gasteiger partial charge in [-0.1, -0.05) is 0 Å². The minimum atomic E-state index is 0.714. The summed E-state index contributed by atoms with van der Waals surface area (Å²) in [5.74, 6) is 1.65. The van der Waals surface area contributed by atoms with Crippen LogP contribution < -0.4 is 5.32 Å². The summed E-state index contributed by atoms with van der Waals surface area (Å²) in [6.45, 7) is 0.714. The van der Waals surface area contributed by atoms with E-state index in [1.165, 1.54) is 0 Å². The van der Waals surface area contributed by atoms with Crippen LogP contribution in [0.5, 0.6) is 0 Å². The van der Waals surface area contributed by atoms with Crippen molar-refractivity contribution in [2.75, 3.05) is 11.9 Å². The van der Waals surface area contributed by atoms with Gasteiger partial charge in [-0.2, -0.15) is 0 Å². The van der Waals surface area contributed by atoms with Crippen molar-refractivity contribution >= 4 is 11.5 Å². The SMILES string of the molecule is Cn1cnnc1CCNc1nccn2cnnc12. The van der Waals surface area contributed by atoms with Gasteiger partial charge in [0.25, 0.3) is 0 Å². The van der Waals surface area contributed by atoms with E-state index in [-0.39, 0.29) is 0 Å². The molecule has 1 N–H and O–H groups in total. The molecule has 0 saturated carbocycles. The molecule has 3 aromatic rings.